The second-order valence-electron chi connectivity index (χ2n) is 9.12. The molecule has 2 heterocycles. The molecule has 0 aliphatic carbocycles. The van der Waals surface area contributed by atoms with E-state index >= 15 is 0 Å². The van der Waals surface area contributed by atoms with E-state index < -0.39 is 11.7 Å². The molecule has 1 fully saturated rings. The highest BCUT2D eigenvalue weighted by atomic mass is 19.4. The van der Waals surface area contributed by atoms with Crippen LogP contribution < -0.4 is 10.2 Å². The number of piperazine rings is 1. The second-order valence-corrected chi connectivity index (χ2v) is 9.12. The van der Waals surface area contributed by atoms with E-state index in [4.69, 9.17) is 0 Å². The van der Waals surface area contributed by atoms with Gasteiger partial charge in [-0.2, -0.15) is 13.2 Å². The van der Waals surface area contributed by atoms with Gasteiger partial charge in [0, 0.05) is 62.4 Å². The van der Waals surface area contributed by atoms with Crippen LogP contribution in [0.1, 0.15) is 11.1 Å². The first kappa shape index (κ1) is 24.9. The molecule has 0 bridgehead atoms. The number of aryl methyl sites for hydroxylation is 1. The van der Waals surface area contributed by atoms with Gasteiger partial charge in [0.2, 0.25) is 5.95 Å². The monoisotopic (exact) mass is 484 g/mol. The molecule has 2 aromatic carbocycles. The minimum atomic E-state index is -4.47. The Morgan fingerprint density at radius 1 is 1.00 bits per heavy atom. The first-order valence-electron chi connectivity index (χ1n) is 11.7. The van der Waals surface area contributed by atoms with Crippen molar-refractivity contribution < 1.29 is 13.2 Å². The van der Waals surface area contributed by atoms with Crippen LogP contribution in [-0.4, -0.2) is 73.1 Å². The Morgan fingerprint density at radius 3 is 2.46 bits per heavy atom. The number of rotatable bonds is 7. The fourth-order valence-electron chi connectivity index (χ4n) is 4.18. The van der Waals surface area contributed by atoms with Crippen LogP contribution in [-0.2, 0) is 6.18 Å². The Labute approximate surface area is 204 Å². The number of hydrogen-bond donors (Lipinski definition) is 1. The van der Waals surface area contributed by atoms with Crippen molar-refractivity contribution in [1.29, 1.82) is 0 Å². The van der Waals surface area contributed by atoms with E-state index in [-0.39, 0.29) is 11.6 Å². The van der Waals surface area contributed by atoms with Crippen molar-refractivity contribution in [3.63, 3.8) is 0 Å². The SMILES string of the molecule is Cc1cccc(-c2ccnc(Nc3ccc(N4CCN(CCN(C)C)CC4)c(C(F)(F)F)c3)n2)c1. The molecule has 186 valence electrons. The van der Waals surface area contributed by atoms with Gasteiger partial charge < -0.3 is 15.1 Å². The minimum absolute atomic E-state index is 0.213. The number of halogens is 3. The zero-order valence-electron chi connectivity index (χ0n) is 20.3. The van der Waals surface area contributed by atoms with Gasteiger partial charge in [0.05, 0.1) is 11.3 Å². The van der Waals surface area contributed by atoms with Crippen LogP contribution in [0.5, 0.6) is 0 Å². The summed E-state index contributed by atoms with van der Waals surface area (Å²) in [5.74, 6) is 0.249. The summed E-state index contributed by atoms with van der Waals surface area (Å²) in [7, 11) is 4.04. The molecule has 0 radical (unpaired) electrons. The first-order valence-corrected chi connectivity index (χ1v) is 11.7. The van der Waals surface area contributed by atoms with Crippen molar-refractivity contribution in [3.05, 3.63) is 65.9 Å². The number of hydrogen-bond acceptors (Lipinski definition) is 6. The number of likely N-dealkylation sites (N-methyl/N-ethyl adjacent to an activating group) is 1. The molecule has 1 saturated heterocycles. The third-order valence-corrected chi connectivity index (χ3v) is 6.10. The zero-order valence-corrected chi connectivity index (χ0v) is 20.3. The van der Waals surface area contributed by atoms with Gasteiger partial charge in [0.1, 0.15) is 0 Å². The van der Waals surface area contributed by atoms with Gasteiger partial charge in [-0.15, -0.1) is 0 Å². The van der Waals surface area contributed by atoms with Gasteiger partial charge in [-0.25, -0.2) is 9.97 Å². The van der Waals surface area contributed by atoms with Crippen molar-refractivity contribution in [1.82, 2.24) is 19.8 Å². The normalized spacial score (nSPS) is 15.0. The van der Waals surface area contributed by atoms with E-state index in [0.29, 0.717) is 24.5 Å². The molecule has 1 aliphatic heterocycles. The number of aromatic nitrogens is 2. The summed E-state index contributed by atoms with van der Waals surface area (Å²) < 4.78 is 42.1. The Kier molecular flexibility index (Phi) is 7.57. The molecule has 0 amide bonds. The van der Waals surface area contributed by atoms with Gasteiger partial charge in [-0.05, 0) is 51.4 Å². The van der Waals surface area contributed by atoms with Crippen molar-refractivity contribution in [2.75, 3.05) is 63.6 Å². The van der Waals surface area contributed by atoms with Gasteiger partial charge >= 0.3 is 6.18 Å². The molecular weight excluding hydrogens is 453 g/mol. The molecule has 4 rings (SSSR count). The van der Waals surface area contributed by atoms with Gasteiger partial charge in [-0.3, -0.25) is 4.90 Å². The highest BCUT2D eigenvalue weighted by Crippen LogP contribution is 2.39. The maximum Gasteiger partial charge on any atom is 0.418 e. The maximum atomic E-state index is 14.0. The van der Waals surface area contributed by atoms with E-state index in [9.17, 15) is 13.2 Å². The van der Waals surface area contributed by atoms with Crippen molar-refractivity contribution in [2.24, 2.45) is 0 Å². The standard InChI is InChI=1S/C26H31F3N6/c1-19-5-4-6-20(17-19)23-9-10-30-25(32-23)31-21-7-8-24(22(18-21)26(27,28)29)35-15-13-34(14-16-35)12-11-33(2)3/h4-10,17-18H,11-16H2,1-3H3,(H,30,31,32). The fraction of sp³-hybridized carbons (Fsp3) is 0.385. The third kappa shape index (κ3) is 6.49. The Balaban J connectivity index is 1.52. The molecule has 1 N–H and O–H groups in total. The maximum absolute atomic E-state index is 14.0. The van der Waals surface area contributed by atoms with Crippen molar-refractivity contribution >= 4 is 17.3 Å². The summed E-state index contributed by atoms with van der Waals surface area (Å²) in [6, 6.07) is 14.0. The first-order chi connectivity index (χ1) is 16.7. The Hall–Kier alpha value is -3.17. The summed E-state index contributed by atoms with van der Waals surface area (Å²) in [6.07, 6.45) is -2.87. The molecule has 35 heavy (non-hydrogen) atoms. The third-order valence-electron chi connectivity index (χ3n) is 6.10. The van der Waals surface area contributed by atoms with Crippen LogP contribution in [0.25, 0.3) is 11.3 Å². The average Bonchev–Trinajstić information content (AvgIpc) is 2.83. The summed E-state index contributed by atoms with van der Waals surface area (Å²) in [4.78, 5) is 14.9. The number of nitrogens with one attached hydrogen (secondary N) is 1. The molecule has 1 aromatic heterocycles. The predicted molar refractivity (Wildman–Crippen MR) is 134 cm³/mol. The van der Waals surface area contributed by atoms with E-state index in [2.05, 4.69) is 25.1 Å². The Bertz CT molecular complexity index is 1140. The van der Waals surface area contributed by atoms with Gasteiger partial charge in [-0.1, -0.05) is 23.8 Å². The molecule has 1 aliphatic rings. The molecular formula is C26H31F3N6. The molecule has 3 aromatic rings. The highest BCUT2D eigenvalue weighted by Gasteiger charge is 2.36. The molecule has 0 unspecified atom stereocenters. The lowest BCUT2D eigenvalue weighted by atomic mass is 10.1. The zero-order chi connectivity index (χ0) is 25.0. The smallest absolute Gasteiger partial charge is 0.368 e. The Morgan fingerprint density at radius 2 is 1.77 bits per heavy atom. The highest BCUT2D eigenvalue weighted by molar-refractivity contribution is 5.66. The van der Waals surface area contributed by atoms with Crippen LogP contribution in [0.15, 0.2) is 54.7 Å². The number of nitrogens with zero attached hydrogens (tertiary/aromatic N) is 5. The minimum Gasteiger partial charge on any atom is -0.368 e. The molecule has 0 saturated carbocycles. The summed E-state index contributed by atoms with van der Waals surface area (Å²) >= 11 is 0. The van der Waals surface area contributed by atoms with Crippen LogP contribution in [0.4, 0.5) is 30.5 Å². The van der Waals surface area contributed by atoms with Crippen LogP contribution in [0.3, 0.4) is 0 Å². The molecule has 6 nitrogen and oxygen atoms in total. The van der Waals surface area contributed by atoms with Crippen LogP contribution in [0, 0.1) is 6.92 Å². The van der Waals surface area contributed by atoms with E-state index in [0.717, 1.165) is 43.4 Å². The fourth-order valence-corrected chi connectivity index (χ4v) is 4.18. The van der Waals surface area contributed by atoms with E-state index in [1.165, 1.54) is 0 Å². The summed E-state index contributed by atoms with van der Waals surface area (Å²) in [6.45, 7) is 6.44. The van der Waals surface area contributed by atoms with Crippen LogP contribution in [0.2, 0.25) is 0 Å². The number of anilines is 3. The lowest BCUT2D eigenvalue weighted by molar-refractivity contribution is -0.137. The van der Waals surface area contributed by atoms with E-state index in [1.54, 1.807) is 24.4 Å². The number of alkyl halides is 3. The van der Waals surface area contributed by atoms with Crippen molar-refractivity contribution in [3.8, 4) is 11.3 Å². The second kappa shape index (κ2) is 10.6. The largest absolute Gasteiger partial charge is 0.418 e. The quantitative estimate of drug-likeness (QED) is 0.515. The lowest BCUT2D eigenvalue weighted by Gasteiger charge is -2.37. The lowest BCUT2D eigenvalue weighted by Crippen LogP contribution is -2.48. The van der Waals surface area contributed by atoms with Gasteiger partial charge in [0.15, 0.2) is 0 Å². The van der Waals surface area contributed by atoms with E-state index in [1.807, 2.05) is 50.2 Å². The summed E-state index contributed by atoms with van der Waals surface area (Å²) in [5, 5.41) is 2.95. The number of benzene rings is 2. The molecule has 9 heteroatoms. The molecule has 0 spiro atoms. The average molecular weight is 485 g/mol. The molecule has 0 atom stereocenters. The van der Waals surface area contributed by atoms with Crippen LogP contribution >= 0.6 is 0 Å². The summed E-state index contributed by atoms with van der Waals surface area (Å²) in [5.41, 5.74) is 2.58. The predicted octanol–water partition coefficient (Wildman–Crippen LogP) is 4.90. The van der Waals surface area contributed by atoms with Crippen molar-refractivity contribution in [2.45, 2.75) is 13.1 Å². The van der Waals surface area contributed by atoms with Gasteiger partial charge in [0.25, 0.3) is 0 Å². The topological polar surface area (TPSA) is 47.5 Å².